The van der Waals surface area contributed by atoms with Crippen molar-refractivity contribution < 1.29 is 8.78 Å². The summed E-state index contributed by atoms with van der Waals surface area (Å²) in [6.45, 7) is 3.79. The van der Waals surface area contributed by atoms with Gasteiger partial charge in [0.05, 0.1) is 0 Å². The van der Waals surface area contributed by atoms with Crippen molar-refractivity contribution in [3.8, 4) is 0 Å². The first kappa shape index (κ1) is 10.6. The van der Waals surface area contributed by atoms with Crippen molar-refractivity contribution in [2.24, 2.45) is 0 Å². The Morgan fingerprint density at radius 3 is 2.31 bits per heavy atom. The smallest absolute Gasteiger partial charge is 0.209 e. The minimum Gasteiger partial charge on any atom is -0.209 e. The van der Waals surface area contributed by atoms with Gasteiger partial charge in [-0.05, 0) is 25.0 Å². The van der Waals surface area contributed by atoms with Crippen LogP contribution in [0.2, 0.25) is 0 Å². The molecule has 0 saturated carbocycles. The van der Waals surface area contributed by atoms with Crippen molar-refractivity contribution in [3.63, 3.8) is 0 Å². The van der Waals surface area contributed by atoms with Crippen LogP contribution in [0.15, 0.2) is 18.2 Å². The van der Waals surface area contributed by atoms with E-state index in [-0.39, 0.29) is 0 Å². The third-order valence-electron chi connectivity index (χ3n) is 1.94. The fourth-order valence-electron chi connectivity index (χ4n) is 1.27. The van der Waals surface area contributed by atoms with Crippen LogP contribution in [-0.2, 0) is 0 Å². The SMILES string of the molecule is Cc1ccc(C(Br)C(F)F)c(C)c1. The van der Waals surface area contributed by atoms with Crippen molar-refractivity contribution in [1.29, 1.82) is 0 Å². The van der Waals surface area contributed by atoms with Gasteiger partial charge in [-0.15, -0.1) is 0 Å². The molecule has 1 aromatic carbocycles. The molecule has 0 aliphatic carbocycles. The summed E-state index contributed by atoms with van der Waals surface area (Å²) >= 11 is 2.98. The number of hydrogen-bond donors (Lipinski definition) is 0. The van der Waals surface area contributed by atoms with Gasteiger partial charge in [-0.2, -0.15) is 0 Å². The Balaban J connectivity index is 3.01. The van der Waals surface area contributed by atoms with E-state index in [0.29, 0.717) is 5.56 Å². The summed E-state index contributed by atoms with van der Waals surface area (Å²) in [7, 11) is 0. The summed E-state index contributed by atoms with van der Waals surface area (Å²) < 4.78 is 24.7. The van der Waals surface area contributed by atoms with Gasteiger partial charge in [0.2, 0.25) is 0 Å². The molecular weight excluding hydrogens is 238 g/mol. The van der Waals surface area contributed by atoms with Crippen LogP contribution in [0.1, 0.15) is 21.5 Å². The number of aryl methyl sites for hydroxylation is 2. The molecule has 0 fully saturated rings. The van der Waals surface area contributed by atoms with Gasteiger partial charge >= 0.3 is 0 Å². The molecule has 0 bridgehead atoms. The van der Waals surface area contributed by atoms with Crippen LogP contribution in [0, 0.1) is 13.8 Å². The average Bonchev–Trinajstić information content (AvgIpc) is 2.03. The molecule has 0 saturated heterocycles. The number of hydrogen-bond acceptors (Lipinski definition) is 0. The lowest BCUT2D eigenvalue weighted by Gasteiger charge is -2.12. The zero-order valence-electron chi connectivity index (χ0n) is 7.52. The molecule has 1 rings (SSSR count). The highest BCUT2D eigenvalue weighted by Gasteiger charge is 2.20. The fraction of sp³-hybridized carbons (Fsp3) is 0.400. The summed E-state index contributed by atoms with van der Waals surface area (Å²) in [5.41, 5.74) is 2.66. The monoisotopic (exact) mass is 248 g/mol. The van der Waals surface area contributed by atoms with Crippen molar-refractivity contribution >= 4 is 15.9 Å². The maximum atomic E-state index is 12.3. The van der Waals surface area contributed by atoms with E-state index < -0.39 is 11.3 Å². The van der Waals surface area contributed by atoms with Crippen molar-refractivity contribution in [3.05, 3.63) is 34.9 Å². The number of alkyl halides is 3. The van der Waals surface area contributed by atoms with E-state index in [9.17, 15) is 8.78 Å². The zero-order valence-corrected chi connectivity index (χ0v) is 9.11. The summed E-state index contributed by atoms with van der Waals surface area (Å²) in [5, 5.41) is 0. The predicted octanol–water partition coefficient (Wildman–Crippen LogP) is 4.00. The minimum absolute atomic E-state index is 0.667. The molecule has 0 aromatic heterocycles. The van der Waals surface area contributed by atoms with Gasteiger partial charge < -0.3 is 0 Å². The first-order valence-corrected chi connectivity index (χ1v) is 4.93. The van der Waals surface area contributed by atoms with Gasteiger partial charge in [0.25, 0.3) is 6.43 Å². The second-order valence-electron chi connectivity index (χ2n) is 3.10. The molecule has 0 aliphatic heterocycles. The van der Waals surface area contributed by atoms with E-state index >= 15 is 0 Å². The number of halogens is 3. The lowest BCUT2D eigenvalue weighted by molar-refractivity contribution is 0.147. The quantitative estimate of drug-likeness (QED) is 0.695. The Kier molecular flexibility index (Phi) is 3.42. The predicted molar refractivity (Wildman–Crippen MR) is 53.6 cm³/mol. The Morgan fingerprint density at radius 2 is 1.85 bits per heavy atom. The molecule has 1 unspecified atom stereocenters. The lowest BCUT2D eigenvalue weighted by atomic mass is 10.0. The zero-order chi connectivity index (χ0) is 10.0. The summed E-state index contributed by atoms with van der Waals surface area (Å²) in [5.74, 6) is 0. The van der Waals surface area contributed by atoms with Gasteiger partial charge in [-0.3, -0.25) is 0 Å². The molecular formula is C10H11BrF2. The van der Waals surface area contributed by atoms with Crippen LogP contribution in [0.4, 0.5) is 8.78 Å². The van der Waals surface area contributed by atoms with Crippen LogP contribution in [-0.4, -0.2) is 6.43 Å². The second-order valence-corrected chi connectivity index (χ2v) is 4.08. The van der Waals surface area contributed by atoms with E-state index in [4.69, 9.17) is 0 Å². The van der Waals surface area contributed by atoms with E-state index in [2.05, 4.69) is 15.9 Å². The molecule has 1 aromatic rings. The first-order chi connectivity index (χ1) is 6.02. The van der Waals surface area contributed by atoms with Crippen LogP contribution >= 0.6 is 15.9 Å². The Bertz CT molecular complexity index is 297. The lowest BCUT2D eigenvalue weighted by Crippen LogP contribution is -2.03. The van der Waals surface area contributed by atoms with Gasteiger partial charge in [0.15, 0.2) is 0 Å². The summed E-state index contributed by atoms with van der Waals surface area (Å²) in [6.07, 6.45) is -2.36. The highest BCUT2D eigenvalue weighted by atomic mass is 79.9. The fourth-order valence-corrected chi connectivity index (χ4v) is 1.78. The Hall–Kier alpha value is -0.440. The van der Waals surface area contributed by atoms with Gasteiger partial charge in [0, 0.05) is 0 Å². The van der Waals surface area contributed by atoms with E-state index in [1.165, 1.54) is 0 Å². The molecule has 72 valence electrons. The molecule has 3 heteroatoms. The van der Waals surface area contributed by atoms with Gasteiger partial charge in [0.1, 0.15) is 4.83 Å². The highest BCUT2D eigenvalue weighted by Crippen LogP contribution is 2.31. The topological polar surface area (TPSA) is 0 Å². The Labute approximate surface area is 85.1 Å². The largest absolute Gasteiger partial charge is 0.255 e. The highest BCUT2D eigenvalue weighted by molar-refractivity contribution is 9.09. The second kappa shape index (κ2) is 4.18. The van der Waals surface area contributed by atoms with Crippen LogP contribution in [0.25, 0.3) is 0 Å². The van der Waals surface area contributed by atoms with Gasteiger partial charge in [-0.1, -0.05) is 39.7 Å². The van der Waals surface area contributed by atoms with E-state index in [1.807, 2.05) is 26.0 Å². The van der Waals surface area contributed by atoms with E-state index in [0.717, 1.165) is 11.1 Å². The molecule has 0 N–H and O–H groups in total. The molecule has 0 heterocycles. The molecule has 0 amide bonds. The van der Waals surface area contributed by atoms with Crippen molar-refractivity contribution in [2.75, 3.05) is 0 Å². The molecule has 0 nitrogen and oxygen atoms in total. The van der Waals surface area contributed by atoms with E-state index in [1.54, 1.807) is 6.07 Å². The van der Waals surface area contributed by atoms with Crippen LogP contribution in [0.5, 0.6) is 0 Å². The Morgan fingerprint density at radius 1 is 1.23 bits per heavy atom. The third kappa shape index (κ3) is 2.50. The number of benzene rings is 1. The van der Waals surface area contributed by atoms with Crippen molar-refractivity contribution in [2.45, 2.75) is 25.1 Å². The maximum Gasteiger partial charge on any atom is 0.255 e. The minimum atomic E-state index is -2.36. The molecule has 1 atom stereocenters. The van der Waals surface area contributed by atoms with Crippen LogP contribution in [0.3, 0.4) is 0 Å². The summed E-state index contributed by atoms with van der Waals surface area (Å²) in [4.78, 5) is -0.854. The number of rotatable bonds is 2. The molecule has 13 heavy (non-hydrogen) atoms. The molecule has 0 radical (unpaired) electrons. The first-order valence-electron chi connectivity index (χ1n) is 4.01. The van der Waals surface area contributed by atoms with Crippen molar-refractivity contribution in [1.82, 2.24) is 0 Å². The normalized spacial score (nSPS) is 13.4. The standard InChI is InChI=1S/C10H11BrF2/c1-6-3-4-8(7(2)5-6)9(11)10(12)13/h3-5,9-10H,1-2H3. The van der Waals surface area contributed by atoms with Crippen LogP contribution < -0.4 is 0 Å². The maximum absolute atomic E-state index is 12.3. The molecule has 0 spiro atoms. The third-order valence-corrected chi connectivity index (χ3v) is 2.84. The van der Waals surface area contributed by atoms with Gasteiger partial charge in [-0.25, -0.2) is 8.78 Å². The average molecular weight is 249 g/mol. The molecule has 0 aliphatic rings. The summed E-state index contributed by atoms with van der Waals surface area (Å²) in [6, 6.07) is 5.50.